The number of ether oxygens (including phenoxy) is 2. The number of hydrogen-bond acceptors (Lipinski definition) is 6. The van der Waals surface area contributed by atoms with Gasteiger partial charge in [-0.05, 0) is 47.9 Å². The SMILES string of the molecule is CCc1ccc(Nc2ccnc(NCc3ccc(OC)c(OC)c3)n2)cc1. The molecule has 0 fully saturated rings. The predicted octanol–water partition coefficient (Wildman–Crippen LogP) is 4.41. The molecule has 27 heavy (non-hydrogen) atoms. The normalized spacial score (nSPS) is 10.3. The Kier molecular flexibility index (Phi) is 6.10. The van der Waals surface area contributed by atoms with Crippen LogP contribution in [-0.2, 0) is 13.0 Å². The van der Waals surface area contributed by atoms with E-state index in [2.05, 4.69) is 51.8 Å². The van der Waals surface area contributed by atoms with Crippen molar-refractivity contribution in [2.45, 2.75) is 19.9 Å². The minimum atomic E-state index is 0.556. The molecule has 1 heterocycles. The van der Waals surface area contributed by atoms with Crippen LogP contribution in [0.3, 0.4) is 0 Å². The molecule has 6 heteroatoms. The Hall–Kier alpha value is -3.28. The van der Waals surface area contributed by atoms with Gasteiger partial charge in [0.15, 0.2) is 11.5 Å². The van der Waals surface area contributed by atoms with Gasteiger partial charge in [-0.3, -0.25) is 0 Å². The lowest BCUT2D eigenvalue weighted by atomic mass is 10.1. The molecule has 2 N–H and O–H groups in total. The van der Waals surface area contributed by atoms with Crippen LogP contribution in [0.15, 0.2) is 54.7 Å². The molecule has 0 saturated carbocycles. The van der Waals surface area contributed by atoms with E-state index in [1.807, 2.05) is 24.3 Å². The van der Waals surface area contributed by atoms with Crippen molar-refractivity contribution in [2.75, 3.05) is 24.9 Å². The lowest BCUT2D eigenvalue weighted by Crippen LogP contribution is -2.05. The summed E-state index contributed by atoms with van der Waals surface area (Å²) in [4.78, 5) is 8.79. The summed E-state index contributed by atoms with van der Waals surface area (Å²) in [5.41, 5.74) is 3.35. The van der Waals surface area contributed by atoms with Crippen molar-refractivity contribution in [3.8, 4) is 11.5 Å². The smallest absolute Gasteiger partial charge is 0.224 e. The van der Waals surface area contributed by atoms with Gasteiger partial charge in [0, 0.05) is 18.4 Å². The van der Waals surface area contributed by atoms with Crippen LogP contribution in [0.4, 0.5) is 17.5 Å². The maximum atomic E-state index is 5.34. The molecule has 0 atom stereocenters. The topological polar surface area (TPSA) is 68.3 Å². The van der Waals surface area contributed by atoms with E-state index >= 15 is 0 Å². The molecule has 2 aromatic carbocycles. The molecule has 0 bridgehead atoms. The van der Waals surface area contributed by atoms with E-state index in [1.54, 1.807) is 20.4 Å². The Morgan fingerprint density at radius 1 is 0.889 bits per heavy atom. The van der Waals surface area contributed by atoms with Crippen molar-refractivity contribution in [1.29, 1.82) is 0 Å². The van der Waals surface area contributed by atoms with Gasteiger partial charge >= 0.3 is 0 Å². The van der Waals surface area contributed by atoms with Gasteiger partial charge in [-0.2, -0.15) is 4.98 Å². The third-order valence-corrected chi connectivity index (χ3v) is 4.19. The highest BCUT2D eigenvalue weighted by Gasteiger charge is 2.05. The zero-order valence-electron chi connectivity index (χ0n) is 15.8. The zero-order valence-corrected chi connectivity index (χ0v) is 15.8. The summed E-state index contributed by atoms with van der Waals surface area (Å²) in [5.74, 6) is 2.70. The average Bonchev–Trinajstić information content (AvgIpc) is 2.73. The fraction of sp³-hybridized carbons (Fsp3) is 0.238. The summed E-state index contributed by atoms with van der Waals surface area (Å²) in [6.07, 6.45) is 2.75. The third kappa shape index (κ3) is 4.88. The summed E-state index contributed by atoms with van der Waals surface area (Å²) in [6.45, 7) is 2.72. The Morgan fingerprint density at radius 2 is 1.63 bits per heavy atom. The van der Waals surface area contributed by atoms with E-state index in [-0.39, 0.29) is 0 Å². The lowest BCUT2D eigenvalue weighted by molar-refractivity contribution is 0.354. The van der Waals surface area contributed by atoms with Crippen LogP contribution in [0, 0.1) is 0 Å². The van der Waals surface area contributed by atoms with Crippen molar-refractivity contribution < 1.29 is 9.47 Å². The fourth-order valence-corrected chi connectivity index (χ4v) is 2.66. The Labute approximate surface area is 159 Å². The highest BCUT2D eigenvalue weighted by atomic mass is 16.5. The van der Waals surface area contributed by atoms with Crippen molar-refractivity contribution in [3.05, 3.63) is 65.9 Å². The highest BCUT2D eigenvalue weighted by Crippen LogP contribution is 2.27. The molecule has 0 aliphatic carbocycles. The molecule has 0 aliphatic heterocycles. The predicted molar refractivity (Wildman–Crippen MR) is 108 cm³/mol. The molecule has 0 amide bonds. The molecule has 140 valence electrons. The minimum absolute atomic E-state index is 0.556. The first-order valence-corrected chi connectivity index (χ1v) is 8.85. The van der Waals surface area contributed by atoms with E-state index in [9.17, 15) is 0 Å². The van der Waals surface area contributed by atoms with E-state index < -0.39 is 0 Å². The van der Waals surface area contributed by atoms with Crippen LogP contribution in [-0.4, -0.2) is 24.2 Å². The van der Waals surface area contributed by atoms with Gasteiger partial charge < -0.3 is 20.1 Å². The number of rotatable bonds is 8. The van der Waals surface area contributed by atoms with Crippen LogP contribution in [0.5, 0.6) is 11.5 Å². The number of methoxy groups -OCH3 is 2. The molecule has 0 radical (unpaired) electrons. The Morgan fingerprint density at radius 3 is 2.33 bits per heavy atom. The fourth-order valence-electron chi connectivity index (χ4n) is 2.66. The summed E-state index contributed by atoms with van der Waals surface area (Å²) < 4.78 is 10.6. The van der Waals surface area contributed by atoms with Crippen LogP contribution in [0.1, 0.15) is 18.1 Å². The number of aryl methyl sites for hydroxylation is 1. The second-order valence-corrected chi connectivity index (χ2v) is 5.98. The van der Waals surface area contributed by atoms with E-state index in [4.69, 9.17) is 9.47 Å². The summed E-state index contributed by atoms with van der Waals surface area (Å²) in [6, 6.07) is 16.0. The Balaban J connectivity index is 1.65. The summed E-state index contributed by atoms with van der Waals surface area (Å²) >= 11 is 0. The van der Waals surface area contributed by atoms with Crippen LogP contribution >= 0.6 is 0 Å². The van der Waals surface area contributed by atoms with Gasteiger partial charge in [0.05, 0.1) is 14.2 Å². The van der Waals surface area contributed by atoms with E-state index in [0.29, 0.717) is 24.0 Å². The van der Waals surface area contributed by atoms with Crippen LogP contribution < -0.4 is 20.1 Å². The van der Waals surface area contributed by atoms with E-state index in [1.165, 1.54) is 5.56 Å². The first kappa shape index (κ1) is 18.5. The standard InChI is InChI=1S/C21H24N4O2/c1-4-15-5-8-17(9-6-15)24-20-11-12-22-21(25-20)23-14-16-7-10-18(26-2)19(13-16)27-3/h5-13H,4,14H2,1-3H3,(H2,22,23,24,25). The molecule has 3 aromatic rings. The van der Waals surface area contributed by atoms with Gasteiger partial charge in [-0.25, -0.2) is 4.98 Å². The van der Waals surface area contributed by atoms with Gasteiger partial charge in [0.25, 0.3) is 0 Å². The summed E-state index contributed by atoms with van der Waals surface area (Å²) in [5, 5.41) is 6.54. The largest absolute Gasteiger partial charge is 0.493 e. The van der Waals surface area contributed by atoms with Crippen LogP contribution in [0.2, 0.25) is 0 Å². The van der Waals surface area contributed by atoms with Gasteiger partial charge in [0.2, 0.25) is 5.95 Å². The molecule has 6 nitrogen and oxygen atoms in total. The maximum absolute atomic E-state index is 5.34. The second kappa shape index (κ2) is 8.89. The maximum Gasteiger partial charge on any atom is 0.224 e. The van der Waals surface area contributed by atoms with Gasteiger partial charge in [0.1, 0.15) is 5.82 Å². The first-order valence-electron chi connectivity index (χ1n) is 8.85. The number of nitrogens with zero attached hydrogens (tertiary/aromatic N) is 2. The highest BCUT2D eigenvalue weighted by molar-refractivity contribution is 5.57. The molecule has 3 rings (SSSR count). The second-order valence-electron chi connectivity index (χ2n) is 5.98. The molecule has 0 unspecified atom stereocenters. The van der Waals surface area contributed by atoms with Crippen LogP contribution in [0.25, 0.3) is 0 Å². The third-order valence-electron chi connectivity index (χ3n) is 4.19. The van der Waals surface area contributed by atoms with Crippen molar-refractivity contribution >= 4 is 17.5 Å². The van der Waals surface area contributed by atoms with Crippen molar-refractivity contribution in [3.63, 3.8) is 0 Å². The number of nitrogens with one attached hydrogen (secondary N) is 2. The molecule has 0 saturated heterocycles. The van der Waals surface area contributed by atoms with Gasteiger partial charge in [-0.15, -0.1) is 0 Å². The minimum Gasteiger partial charge on any atom is -0.493 e. The van der Waals surface area contributed by atoms with E-state index in [0.717, 1.165) is 23.5 Å². The van der Waals surface area contributed by atoms with Gasteiger partial charge in [-0.1, -0.05) is 25.1 Å². The van der Waals surface area contributed by atoms with Crippen molar-refractivity contribution in [2.24, 2.45) is 0 Å². The number of benzene rings is 2. The quantitative estimate of drug-likeness (QED) is 0.617. The first-order chi connectivity index (χ1) is 13.2. The number of aromatic nitrogens is 2. The number of hydrogen-bond donors (Lipinski definition) is 2. The molecule has 0 aliphatic rings. The molecule has 0 spiro atoms. The lowest BCUT2D eigenvalue weighted by Gasteiger charge is -2.11. The average molecular weight is 364 g/mol. The Bertz CT molecular complexity index is 882. The summed E-state index contributed by atoms with van der Waals surface area (Å²) in [7, 11) is 3.25. The van der Waals surface area contributed by atoms with Crippen molar-refractivity contribution in [1.82, 2.24) is 9.97 Å². The molecular formula is C21H24N4O2. The number of anilines is 3. The monoisotopic (exact) mass is 364 g/mol. The molecule has 1 aromatic heterocycles. The molecular weight excluding hydrogens is 340 g/mol. The zero-order chi connectivity index (χ0) is 19.1.